The van der Waals surface area contributed by atoms with Gasteiger partial charge in [0.2, 0.25) is 5.91 Å². The molecule has 2 amide bonds. The van der Waals surface area contributed by atoms with E-state index < -0.39 is 5.82 Å². The number of fused-ring (bicyclic) bond motifs is 1. The van der Waals surface area contributed by atoms with Gasteiger partial charge in [0, 0.05) is 23.5 Å². The van der Waals surface area contributed by atoms with E-state index in [4.69, 9.17) is 4.74 Å². The van der Waals surface area contributed by atoms with Gasteiger partial charge in [0.05, 0.1) is 6.04 Å². The monoisotopic (exact) mass is 494 g/mol. The van der Waals surface area contributed by atoms with Crippen molar-refractivity contribution in [1.29, 1.82) is 0 Å². The molecule has 1 atom stereocenters. The maximum Gasteiger partial charge on any atom is 0.254 e. The standard InChI is InChI=1S/C28H31FN2O3S/c1-4-30(28(33)21-6-5-7-22(29)16-21)17-27(32)31-14-12-26-24(13-15-35-26)25(31)18-34-23-10-8-20(9-11-23)19(2)3/h5-11,13,15-16,19,25H,4,12,14,17-18H2,1-3H3. The van der Waals surface area contributed by atoms with Crippen LogP contribution in [-0.4, -0.2) is 47.9 Å². The van der Waals surface area contributed by atoms with Crippen LogP contribution in [0.1, 0.15) is 59.1 Å². The van der Waals surface area contributed by atoms with Gasteiger partial charge in [-0.25, -0.2) is 4.39 Å². The molecule has 3 aromatic rings. The van der Waals surface area contributed by atoms with Crippen molar-refractivity contribution in [2.24, 2.45) is 0 Å². The quantitative estimate of drug-likeness (QED) is 0.405. The van der Waals surface area contributed by atoms with Crippen LogP contribution in [0, 0.1) is 5.82 Å². The van der Waals surface area contributed by atoms with E-state index in [0.29, 0.717) is 25.6 Å². The first kappa shape index (κ1) is 24.9. The second-order valence-electron chi connectivity index (χ2n) is 9.02. The zero-order chi connectivity index (χ0) is 24.9. The Morgan fingerprint density at radius 3 is 2.63 bits per heavy atom. The molecule has 0 saturated heterocycles. The summed E-state index contributed by atoms with van der Waals surface area (Å²) in [6.45, 7) is 7.31. The van der Waals surface area contributed by atoms with Crippen LogP contribution in [0.5, 0.6) is 5.75 Å². The lowest BCUT2D eigenvalue weighted by atomic mass is 10.00. The molecule has 0 saturated carbocycles. The van der Waals surface area contributed by atoms with Crippen molar-refractivity contribution >= 4 is 23.2 Å². The van der Waals surface area contributed by atoms with E-state index in [2.05, 4.69) is 37.4 Å². The summed E-state index contributed by atoms with van der Waals surface area (Å²) in [4.78, 5) is 30.9. The second-order valence-corrected chi connectivity index (χ2v) is 10.0. The van der Waals surface area contributed by atoms with Gasteiger partial charge in [0.1, 0.15) is 24.7 Å². The molecule has 1 aliphatic rings. The van der Waals surface area contributed by atoms with Crippen molar-refractivity contribution in [1.82, 2.24) is 9.80 Å². The molecule has 5 nitrogen and oxygen atoms in total. The molecule has 2 heterocycles. The molecule has 2 aromatic carbocycles. The first-order valence-corrected chi connectivity index (χ1v) is 12.9. The molecule has 1 aliphatic heterocycles. The van der Waals surface area contributed by atoms with E-state index in [1.165, 1.54) is 33.5 Å². The van der Waals surface area contributed by atoms with Crippen LogP contribution in [0.2, 0.25) is 0 Å². The lowest BCUT2D eigenvalue weighted by molar-refractivity contribution is -0.135. The van der Waals surface area contributed by atoms with E-state index >= 15 is 0 Å². The smallest absolute Gasteiger partial charge is 0.254 e. The molecule has 0 N–H and O–H groups in total. The molecule has 0 bridgehead atoms. The third-order valence-corrected chi connectivity index (χ3v) is 7.43. The van der Waals surface area contributed by atoms with E-state index in [9.17, 15) is 14.0 Å². The van der Waals surface area contributed by atoms with Gasteiger partial charge in [-0.1, -0.05) is 32.0 Å². The number of carbonyl (C=O) groups excluding carboxylic acids is 2. The predicted molar refractivity (Wildman–Crippen MR) is 136 cm³/mol. The Labute approximate surface area is 210 Å². The number of thiophene rings is 1. The van der Waals surface area contributed by atoms with Gasteiger partial charge in [0.25, 0.3) is 5.91 Å². The number of amides is 2. The molecule has 4 rings (SSSR count). The molecule has 1 aromatic heterocycles. The van der Waals surface area contributed by atoms with Crippen molar-refractivity contribution in [2.75, 3.05) is 26.2 Å². The molecule has 0 fully saturated rings. The molecule has 0 aliphatic carbocycles. The zero-order valence-electron chi connectivity index (χ0n) is 20.4. The Balaban J connectivity index is 1.49. The number of halogens is 1. The van der Waals surface area contributed by atoms with Gasteiger partial charge < -0.3 is 14.5 Å². The summed E-state index contributed by atoms with van der Waals surface area (Å²) in [5.74, 6) is 0.239. The fourth-order valence-electron chi connectivity index (χ4n) is 4.38. The normalized spacial score (nSPS) is 15.1. The largest absolute Gasteiger partial charge is 0.491 e. The van der Waals surface area contributed by atoms with Crippen molar-refractivity contribution < 1.29 is 18.7 Å². The van der Waals surface area contributed by atoms with Crippen molar-refractivity contribution in [3.8, 4) is 5.75 Å². The Bertz CT molecular complexity index is 1170. The van der Waals surface area contributed by atoms with E-state index in [1.54, 1.807) is 17.4 Å². The predicted octanol–water partition coefficient (Wildman–Crippen LogP) is 5.68. The number of carbonyl (C=O) groups is 2. The average molecular weight is 495 g/mol. The summed E-state index contributed by atoms with van der Waals surface area (Å²) >= 11 is 1.70. The third kappa shape index (κ3) is 5.73. The van der Waals surface area contributed by atoms with Gasteiger partial charge >= 0.3 is 0 Å². The minimum atomic E-state index is -0.474. The summed E-state index contributed by atoms with van der Waals surface area (Å²) in [5.41, 5.74) is 2.59. The zero-order valence-corrected chi connectivity index (χ0v) is 21.2. The van der Waals surface area contributed by atoms with E-state index in [1.807, 2.05) is 24.0 Å². The number of benzene rings is 2. The minimum Gasteiger partial charge on any atom is -0.491 e. The molecular formula is C28H31FN2O3S. The number of ether oxygens (including phenoxy) is 1. The third-order valence-electron chi connectivity index (χ3n) is 6.44. The van der Waals surface area contributed by atoms with E-state index in [-0.39, 0.29) is 30.0 Å². The van der Waals surface area contributed by atoms with Crippen LogP contribution >= 0.6 is 11.3 Å². The summed E-state index contributed by atoms with van der Waals surface area (Å²) in [6, 6.07) is 15.5. The fourth-order valence-corrected chi connectivity index (χ4v) is 5.31. The highest BCUT2D eigenvalue weighted by atomic mass is 32.1. The topological polar surface area (TPSA) is 49.9 Å². The molecule has 35 heavy (non-hydrogen) atoms. The Hall–Kier alpha value is -3.19. The summed E-state index contributed by atoms with van der Waals surface area (Å²) in [6.07, 6.45) is 0.780. The van der Waals surface area contributed by atoms with Crippen molar-refractivity contribution in [3.05, 3.63) is 87.4 Å². The van der Waals surface area contributed by atoms with Gasteiger partial charge in [0.15, 0.2) is 0 Å². The lowest BCUT2D eigenvalue weighted by Gasteiger charge is -2.37. The van der Waals surface area contributed by atoms with Gasteiger partial charge in [-0.2, -0.15) is 0 Å². The highest BCUT2D eigenvalue weighted by Gasteiger charge is 2.33. The minimum absolute atomic E-state index is 0.0646. The molecule has 184 valence electrons. The maximum absolute atomic E-state index is 13.6. The fraction of sp³-hybridized carbons (Fsp3) is 0.357. The number of rotatable bonds is 8. The number of hydrogen-bond acceptors (Lipinski definition) is 4. The van der Waals surface area contributed by atoms with Crippen LogP contribution in [0.25, 0.3) is 0 Å². The Morgan fingerprint density at radius 2 is 1.94 bits per heavy atom. The lowest BCUT2D eigenvalue weighted by Crippen LogP contribution is -2.47. The highest BCUT2D eigenvalue weighted by molar-refractivity contribution is 7.10. The van der Waals surface area contributed by atoms with Crippen LogP contribution in [-0.2, 0) is 11.2 Å². The highest BCUT2D eigenvalue weighted by Crippen LogP contribution is 2.34. The van der Waals surface area contributed by atoms with Crippen LogP contribution in [0.15, 0.2) is 60.0 Å². The second kappa shape index (κ2) is 11.0. The Morgan fingerprint density at radius 1 is 1.17 bits per heavy atom. The van der Waals surface area contributed by atoms with Crippen LogP contribution in [0.3, 0.4) is 0 Å². The Kier molecular flexibility index (Phi) is 7.86. The molecule has 7 heteroatoms. The summed E-state index contributed by atoms with van der Waals surface area (Å²) in [7, 11) is 0. The van der Waals surface area contributed by atoms with Crippen molar-refractivity contribution in [3.63, 3.8) is 0 Å². The number of hydrogen-bond donors (Lipinski definition) is 0. The van der Waals surface area contributed by atoms with Gasteiger partial charge in [-0.05, 0) is 72.2 Å². The van der Waals surface area contributed by atoms with Crippen LogP contribution in [0.4, 0.5) is 4.39 Å². The molecule has 0 spiro atoms. The summed E-state index contributed by atoms with van der Waals surface area (Å²) < 4.78 is 19.8. The van der Waals surface area contributed by atoms with E-state index in [0.717, 1.165) is 17.7 Å². The number of likely N-dealkylation sites (N-methyl/N-ethyl adjacent to an activating group) is 1. The molecule has 0 radical (unpaired) electrons. The number of nitrogens with zero attached hydrogens (tertiary/aromatic N) is 2. The van der Waals surface area contributed by atoms with Crippen molar-refractivity contribution in [2.45, 2.75) is 39.2 Å². The molecule has 1 unspecified atom stereocenters. The van der Waals surface area contributed by atoms with Gasteiger partial charge in [-0.15, -0.1) is 11.3 Å². The van der Waals surface area contributed by atoms with Gasteiger partial charge in [-0.3, -0.25) is 9.59 Å². The SMILES string of the molecule is CCN(CC(=O)N1CCc2sccc2C1COc1ccc(C(C)C)cc1)C(=O)c1cccc(F)c1. The maximum atomic E-state index is 13.6. The summed E-state index contributed by atoms with van der Waals surface area (Å²) in [5, 5.41) is 2.05. The first-order valence-electron chi connectivity index (χ1n) is 12.0. The van der Waals surface area contributed by atoms with Crippen LogP contribution < -0.4 is 4.74 Å². The average Bonchev–Trinajstić information content (AvgIpc) is 3.34. The first-order chi connectivity index (χ1) is 16.9. The molecular weight excluding hydrogens is 463 g/mol.